The number of nitrogens with zero attached hydrogens (tertiary/aromatic N) is 1. The average Bonchev–Trinajstić information content (AvgIpc) is 2.67. The van der Waals surface area contributed by atoms with Crippen molar-refractivity contribution in [3.63, 3.8) is 0 Å². The molecule has 2 aliphatic heterocycles. The van der Waals surface area contributed by atoms with E-state index in [1.165, 1.54) is 0 Å². The summed E-state index contributed by atoms with van der Waals surface area (Å²) in [5.41, 5.74) is 0.750. The molecule has 0 radical (unpaired) electrons. The van der Waals surface area contributed by atoms with Crippen LogP contribution in [0.2, 0.25) is 5.02 Å². The fourth-order valence-corrected chi connectivity index (χ4v) is 4.57. The van der Waals surface area contributed by atoms with Gasteiger partial charge in [-0.15, -0.1) is 0 Å². The number of halogens is 1. The number of hydrogen-bond donors (Lipinski definition) is 0. The molecule has 3 aliphatic rings. The quantitative estimate of drug-likeness (QED) is 0.665. The van der Waals surface area contributed by atoms with E-state index in [9.17, 15) is 4.79 Å². The number of rotatable bonds is 2. The third kappa shape index (κ3) is 3.89. The molecule has 0 N–H and O–H groups in total. The van der Waals surface area contributed by atoms with Gasteiger partial charge in [0.1, 0.15) is 5.60 Å². The van der Waals surface area contributed by atoms with Crippen molar-refractivity contribution in [2.75, 3.05) is 19.8 Å². The number of hydrogen-bond acceptors (Lipinski definition) is 4. The monoisotopic (exact) mass is 407 g/mol. The molecule has 2 saturated heterocycles. The summed E-state index contributed by atoms with van der Waals surface area (Å²) in [6, 6.07) is 7.61. The van der Waals surface area contributed by atoms with Gasteiger partial charge in [0.15, 0.2) is 5.79 Å². The molecule has 6 heteroatoms. The van der Waals surface area contributed by atoms with Gasteiger partial charge in [0.2, 0.25) is 0 Å². The van der Waals surface area contributed by atoms with Crippen LogP contribution in [0.1, 0.15) is 64.5 Å². The van der Waals surface area contributed by atoms with E-state index < -0.39 is 5.79 Å². The van der Waals surface area contributed by atoms with Crippen LogP contribution >= 0.6 is 11.6 Å². The smallest absolute Gasteiger partial charge is 0.410 e. The summed E-state index contributed by atoms with van der Waals surface area (Å²) in [5, 5.41) is 0.697. The summed E-state index contributed by atoms with van der Waals surface area (Å²) in [5.74, 6) is -0.485. The van der Waals surface area contributed by atoms with Crippen LogP contribution in [0.25, 0.3) is 0 Å². The van der Waals surface area contributed by atoms with Gasteiger partial charge in [0.25, 0.3) is 0 Å². The van der Waals surface area contributed by atoms with Gasteiger partial charge < -0.3 is 19.1 Å². The molecule has 0 unspecified atom stereocenters. The lowest BCUT2D eigenvalue weighted by molar-refractivity contribution is -0.320. The topological polar surface area (TPSA) is 48.0 Å². The highest BCUT2D eigenvalue weighted by molar-refractivity contribution is 6.30. The number of amides is 1. The SMILES string of the molecule is C[C@@H](c1ccc(Cl)cc1)N1CCC2(CCC3(CC2)OCC(C)(C)CO3)OC1=O. The van der Waals surface area contributed by atoms with Crippen molar-refractivity contribution in [2.45, 2.75) is 70.3 Å². The minimum atomic E-state index is -0.485. The molecular weight excluding hydrogens is 378 g/mol. The molecule has 1 aromatic rings. The third-order valence-electron chi connectivity index (χ3n) is 6.54. The first-order valence-corrected chi connectivity index (χ1v) is 10.6. The van der Waals surface area contributed by atoms with Crippen molar-refractivity contribution in [3.8, 4) is 0 Å². The summed E-state index contributed by atoms with van der Waals surface area (Å²) in [7, 11) is 0. The maximum Gasteiger partial charge on any atom is 0.410 e. The molecule has 1 aromatic carbocycles. The molecule has 4 rings (SSSR count). The fourth-order valence-electron chi connectivity index (χ4n) is 4.45. The van der Waals surface area contributed by atoms with Crippen LogP contribution in [-0.4, -0.2) is 42.1 Å². The highest BCUT2D eigenvalue weighted by atomic mass is 35.5. The Morgan fingerprint density at radius 3 is 2.18 bits per heavy atom. The Balaban J connectivity index is 1.37. The van der Waals surface area contributed by atoms with Gasteiger partial charge in [-0.25, -0.2) is 4.79 Å². The van der Waals surface area contributed by atoms with Crippen molar-refractivity contribution in [1.29, 1.82) is 0 Å². The highest BCUT2D eigenvalue weighted by Crippen LogP contribution is 2.47. The first-order valence-electron chi connectivity index (χ1n) is 10.2. The molecule has 2 heterocycles. The zero-order valence-corrected chi connectivity index (χ0v) is 17.8. The first-order chi connectivity index (χ1) is 13.2. The Bertz CT molecular complexity index is 713. The fraction of sp³-hybridized carbons (Fsp3) is 0.682. The molecule has 0 aromatic heterocycles. The van der Waals surface area contributed by atoms with E-state index in [0.717, 1.165) is 37.7 Å². The predicted octanol–water partition coefficient (Wildman–Crippen LogP) is 5.33. The van der Waals surface area contributed by atoms with Crippen molar-refractivity contribution in [1.82, 2.24) is 4.90 Å². The van der Waals surface area contributed by atoms with E-state index in [1.54, 1.807) is 0 Å². The lowest BCUT2D eigenvalue weighted by Gasteiger charge is -2.51. The summed E-state index contributed by atoms with van der Waals surface area (Å²) in [6.45, 7) is 8.47. The van der Waals surface area contributed by atoms with Crippen molar-refractivity contribution in [2.24, 2.45) is 5.41 Å². The molecule has 1 aliphatic carbocycles. The summed E-state index contributed by atoms with van der Waals surface area (Å²) < 4.78 is 18.3. The van der Waals surface area contributed by atoms with Gasteiger partial charge in [-0.1, -0.05) is 37.6 Å². The van der Waals surface area contributed by atoms with E-state index in [4.69, 9.17) is 25.8 Å². The van der Waals surface area contributed by atoms with E-state index in [-0.39, 0.29) is 23.2 Å². The number of ether oxygens (including phenoxy) is 3. The van der Waals surface area contributed by atoms with Gasteiger partial charge in [0, 0.05) is 36.2 Å². The summed E-state index contributed by atoms with van der Waals surface area (Å²) in [4.78, 5) is 14.6. The molecule has 2 spiro atoms. The maximum atomic E-state index is 12.8. The van der Waals surface area contributed by atoms with Gasteiger partial charge in [-0.05, 0) is 37.5 Å². The molecule has 3 fully saturated rings. The molecule has 1 amide bonds. The van der Waals surface area contributed by atoms with Gasteiger partial charge in [-0.3, -0.25) is 0 Å². The lowest BCUT2D eigenvalue weighted by Crippen LogP contribution is -2.56. The molecule has 1 atom stereocenters. The average molecular weight is 408 g/mol. The van der Waals surface area contributed by atoms with Crippen LogP contribution in [-0.2, 0) is 14.2 Å². The van der Waals surface area contributed by atoms with E-state index >= 15 is 0 Å². The van der Waals surface area contributed by atoms with E-state index in [0.29, 0.717) is 24.8 Å². The van der Waals surface area contributed by atoms with Crippen LogP contribution < -0.4 is 0 Å². The number of carbonyl (C=O) groups is 1. The van der Waals surface area contributed by atoms with Crippen LogP contribution in [0, 0.1) is 5.41 Å². The Labute approximate surface area is 172 Å². The molecule has 28 heavy (non-hydrogen) atoms. The molecule has 154 valence electrons. The number of carbonyl (C=O) groups excluding carboxylic acids is 1. The Morgan fingerprint density at radius 2 is 1.61 bits per heavy atom. The van der Waals surface area contributed by atoms with Gasteiger partial charge >= 0.3 is 6.09 Å². The minimum absolute atomic E-state index is 0.0377. The van der Waals surface area contributed by atoms with Crippen LogP contribution in [0.15, 0.2) is 24.3 Å². The van der Waals surface area contributed by atoms with Crippen molar-refractivity contribution in [3.05, 3.63) is 34.9 Å². The van der Waals surface area contributed by atoms with E-state index in [1.807, 2.05) is 36.1 Å². The molecule has 1 saturated carbocycles. The Hall–Kier alpha value is -1.30. The van der Waals surface area contributed by atoms with E-state index in [2.05, 4.69) is 13.8 Å². The minimum Gasteiger partial charge on any atom is -0.443 e. The predicted molar refractivity (Wildman–Crippen MR) is 107 cm³/mol. The molecule has 0 bridgehead atoms. The Kier molecular flexibility index (Phi) is 5.13. The van der Waals surface area contributed by atoms with Crippen LogP contribution in [0.3, 0.4) is 0 Å². The van der Waals surface area contributed by atoms with Gasteiger partial charge in [-0.2, -0.15) is 0 Å². The highest BCUT2D eigenvalue weighted by Gasteiger charge is 2.51. The number of benzene rings is 1. The largest absolute Gasteiger partial charge is 0.443 e. The zero-order chi connectivity index (χ0) is 20.0. The zero-order valence-electron chi connectivity index (χ0n) is 17.0. The molecule has 5 nitrogen and oxygen atoms in total. The van der Waals surface area contributed by atoms with Crippen LogP contribution in [0.5, 0.6) is 0 Å². The first kappa shape index (κ1) is 20.0. The second-order valence-electron chi connectivity index (χ2n) is 9.37. The molecular formula is C22H30ClNO4. The van der Waals surface area contributed by atoms with Gasteiger partial charge in [0.05, 0.1) is 19.3 Å². The second-order valence-corrected chi connectivity index (χ2v) is 9.81. The normalized spacial score (nSPS) is 26.9. The summed E-state index contributed by atoms with van der Waals surface area (Å²) in [6.07, 6.45) is 3.77. The Morgan fingerprint density at radius 1 is 1.00 bits per heavy atom. The van der Waals surface area contributed by atoms with Crippen LogP contribution in [0.4, 0.5) is 4.79 Å². The third-order valence-corrected chi connectivity index (χ3v) is 6.79. The van der Waals surface area contributed by atoms with Crippen molar-refractivity contribution >= 4 is 17.7 Å². The maximum absolute atomic E-state index is 12.8. The summed E-state index contributed by atoms with van der Waals surface area (Å²) >= 11 is 5.98. The standard InChI is InChI=1S/C22H30ClNO4/c1-16(17-4-6-18(23)7-5-17)24-13-12-21(28-19(24)25)8-10-22(11-9-21)26-14-20(2,3)15-27-22/h4-7,16H,8-15H2,1-3H3/t16-/m0/s1. The van der Waals surface area contributed by atoms with Crippen molar-refractivity contribution < 1.29 is 19.0 Å². The lowest BCUT2D eigenvalue weighted by atomic mass is 9.77. The second kappa shape index (κ2) is 7.19.